The number of anilines is 1. The second kappa shape index (κ2) is 18.7. The first kappa shape index (κ1) is 32.7. The molecule has 4 atom stereocenters. The number of hydrogen-bond donors (Lipinski definition) is 4. The summed E-state index contributed by atoms with van der Waals surface area (Å²) in [5.74, 6) is -1.67. The predicted molar refractivity (Wildman–Crippen MR) is 146 cm³/mol. The van der Waals surface area contributed by atoms with Crippen molar-refractivity contribution in [1.82, 2.24) is 9.55 Å². The fraction of sp³-hybridized carbons (Fsp3) is 0.786. The van der Waals surface area contributed by atoms with E-state index in [9.17, 15) is 24.6 Å². The molecule has 0 spiro atoms. The molecule has 4 N–H and O–H groups in total. The van der Waals surface area contributed by atoms with Gasteiger partial charge in [0.2, 0.25) is 6.29 Å². The van der Waals surface area contributed by atoms with E-state index < -0.39 is 55.2 Å². The lowest BCUT2D eigenvalue weighted by Gasteiger charge is -2.17. The van der Waals surface area contributed by atoms with Gasteiger partial charge in [-0.3, -0.25) is 14.2 Å². The van der Waals surface area contributed by atoms with Crippen molar-refractivity contribution in [3.8, 4) is 0 Å². The summed E-state index contributed by atoms with van der Waals surface area (Å²) < 4.78 is 11.3. The van der Waals surface area contributed by atoms with Gasteiger partial charge in [-0.15, -0.1) is 0 Å². The SMILES string of the molecule is CCCCCCCCCCCCCCCCNc1ccn([C@@H]2O[C@H](OC(=O)CCC(=O)O)[C@@H](O)[C@@H]2O)c(=O)n1. The molecule has 0 unspecified atom stereocenters. The maximum absolute atomic E-state index is 12.5. The van der Waals surface area contributed by atoms with E-state index in [0.717, 1.165) is 17.4 Å². The first-order chi connectivity index (χ1) is 18.8. The molecule has 0 bridgehead atoms. The number of unbranched alkanes of at least 4 members (excludes halogenated alkanes) is 13. The molecule has 0 amide bonds. The molecule has 2 heterocycles. The van der Waals surface area contributed by atoms with E-state index in [4.69, 9.17) is 14.6 Å². The van der Waals surface area contributed by atoms with Crippen LogP contribution in [0.4, 0.5) is 5.82 Å². The van der Waals surface area contributed by atoms with Crippen LogP contribution in [0.1, 0.15) is 116 Å². The molecular weight excluding hydrogens is 506 g/mol. The second-order valence-corrected chi connectivity index (χ2v) is 10.3. The van der Waals surface area contributed by atoms with Crippen LogP contribution in [0.3, 0.4) is 0 Å². The molecule has 1 saturated heterocycles. The van der Waals surface area contributed by atoms with Crippen LogP contribution >= 0.6 is 0 Å². The molecule has 1 aromatic rings. The van der Waals surface area contributed by atoms with Gasteiger partial charge in [0.25, 0.3) is 0 Å². The molecule has 0 aliphatic carbocycles. The minimum Gasteiger partial charge on any atom is -0.481 e. The Kier molecular flexibility index (Phi) is 15.7. The van der Waals surface area contributed by atoms with Crippen molar-refractivity contribution in [2.45, 2.75) is 134 Å². The maximum atomic E-state index is 12.5. The minimum absolute atomic E-state index is 0.399. The summed E-state index contributed by atoms with van der Waals surface area (Å²) in [6.45, 7) is 2.93. The van der Waals surface area contributed by atoms with Gasteiger partial charge in [0, 0.05) is 12.7 Å². The number of nitrogens with zero attached hydrogens (tertiary/aromatic N) is 2. The third kappa shape index (κ3) is 12.5. The molecule has 222 valence electrons. The van der Waals surface area contributed by atoms with Gasteiger partial charge in [-0.2, -0.15) is 4.98 Å². The predicted octanol–water partition coefficient (Wildman–Crippen LogP) is 4.12. The Morgan fingerprint density at radius 1 is 0.923 bits per heavy atom. The second-order valence-electron chi connectivity index (χ2n) is 10.3. The Labute approximate surface area is 230 Å². The largest absolute Gasteiger partial charge is 0.481 e. The van der Waals surface area contributed by atoms with E-state index in [0.29, 0.717) is 12.4 Å². The minimum atomic E-state index is -1.60. The van der Waals surface area contributed by atoms with Crippen molar-refractivity contribution in [2.24, 2.45) is 0 Å². The van der Waals surface area contributed by atoms with Crippen LogP contribution in [-0.4, -0.2) is 61.9 Å². The number of carboxylic acids is 1. The lowest BCUT2D eigenvalue weighted by atomic mass is 10.0. The zero-order chi connectivity index (χ0) is 28.5. The van der Waals surface area contributed by atoms with Crippen molar-refractivity contribution < 1.29 is 34.4 Å². The molecule has 39 heavy (non-hydrogen) atoms. The Hall–Kier alpha value is -2.50. The van der Waals surface area contributed by atoms with Gasteiger partial charge in [0.1, 0.15) is 18.0 Å². The number of carboxylic acid groups (broad SMARTS) is 1. The Balaban J connectivity index is 1.61. The topological polar surface area (TPSA) is 160 Å². The number of carbonyl (C=O) groups is 2. The van der Waals surface area contributed by atoms with Crippen molar-refractivity contribution in [2.75, 3.05) is 11.9 Å². The van der Waals surface area contributed by atoms with Crippen molar-refractivity contribution in [3.63, 3.8) is 0 Å². The highest BCUT2D eigenvalue weighted by molar-refractivity contribution is 5.76. The molecule has 1 aliphatic rings. The van der Waals surface area contributed by atoms with Crippen LogP contribution in [0, 0.1) is 0 Å². The molecule has 1 aliphatic heterocycles. The Morgan fingerprint density at radius 3 is 2.03 bits per heavy atom. The number of aliphatic hydroxyl groups is 2. The van der Waals surface area contributed by atoms with E-state index >= 15 is 0 Å². The number of aliphatic hydroxyl groups excluding tert-OH is 2. The molecule has 0 aromatic carbocycles. The van der Waals surface area contributed by atoms with Crippen LogP contribution in [-0.2, 0) is 19.1 Å². The number of esters is 1. The molecule has 0 saturated carbocycles. The molecule has 2 rings (SSSR count). The van der Waals surface area contributed by atoms with Crippen molar-refractivity contribution in [3.05, 3.63) is 22.7 Å². The van der Waals surface area contributed by atoms with E-state index in [1.165, 1.54) is 83.2 Å². The summed E-state index contributed by atoms with van der Waals surface area (Å²) in [7, 11) is 0. The quantitative estimate of drug-likeness (QED) is 0.129. The summed E-state index contributed by atoms with van der Waals surface area (Å²) in [5.41, 5.74) is -0.699. The van der Waals surface area contributed by atoms with Crippen LogP contribution in [0.25, 0.3) is 0 Å². The Morgan fingerprint density at radius 2 is 1.49 bits per heavy atom. The van der Waals surface area contributed by atoms with Gasteiger partial charge < -0.3 is 30.1 Å². The van der Waals surface area contributed by atoms with E-state index in [1.54, 1.807) is 6.07 Å². The van der Waals surface area contributed by atoms with Gasteiger partial charge in [-0.05, 0) is 12.5 Å². The van der Waals surface area contributed by atoms with E-state index in [2.05, 4.69) is 17.2 Å². The van der Waals surface area contributed by atoms with Gasteiger partial charge in [0.15, 0.2) is 6.23 Å². The molecule has 11 heteroatoms. The zero-order valence-corrected chi connectivity index (χ0v) is 23.3. The third-order valence-corrected chi connectivity index (χ3v) is 6.93. The summed E-state index contributed by atoms with van der Waals surface area (Å²) in [4.78, 5) is 38.8. The number of hydrogen-bond acceptors (Lipinski definition) is 9. The molecule has 0 radical (unpaired) electrons. The number of ether oxygens (including phenoxy) is 2. The molecule has 1 aromatic heterocycles. The number of rotatable bonds is 21. The van der Waals surface area contributed by atoms with Crippen LogP contribution < -0.4 is 11.0 Å². The van der Waals surface area contributed by atoms with Crippen LogP contribution in [0.15, 0.2) is 17.1 Å². The average molecular weight is 554 g/mol. The van der Waals surface area contributed by atoms with Gasteiger partial charge >= 0.3 is 17.6 Å². The first-order valence-corrected chi connectivity index (χ1v) is 14.6. The number of aromatic nitrogens is 2. The zero-order valence-electron chi connectivity index (χ0n) is 23.3. The summed E-state index contributed by atoms with van der Waals surface area (Å²) >= 11 is 0. The highest BCUT2D eigenvalue weighted by atomic mass is 16.7. The molecule has 11 nitrogen and oxygen atoms in total. The fourth-order valence-corrected chi connectivity index (χ4v) is 4.59. The van der Waals surface area contributed by atoms with Crippen molar-refractivity contribution >= 4 is 17.8 Å². The van der Waals surface area contributed by atoms with Crippen LogP contribution in [0.2, 0.25) is 0 Å². The fourth-order valence-electron chi connectivity index (χ4n) is 4.59. The van der Waals surface area contributed by atoms with Gasteiger partial charge in [-0.1, -0.05) is 90.4 Å². The number of aliphatic carboxylic acids is 1. The monoisotopic (exact) mass is 553 g/mol. The first-order valence-electron chi connectivity index (χ1n) is 14.6. The maximum Gasteiger partial charge on any atom is 0.351 e. The van der Waals surface area contributed by atoms with Crippen LogP contribution in [0.5, 0.6) is 0 Å². The summed E-state index contributed by atoms with van der Waals surface area (Å²) in [6, 6.07) is 1.57. The van der Waals surface area contributed by atoms with Crippen molar-refractivity contribution in [1.29, 1.82) is 0 Å². The average Bonchev–Trinajstić information content (AvgIpc) is 3.18. The highest BCUT2D eigenvalue weighted by Crippen LogP contribution is 2.29. The lowest BCUT2D eigenvalue weighted by molar-refractivity contribution is -0.194. The molecular formula is C28H47N3O8. The lowest BCUT2D eigenvalue weighted by Crippen LogP contribution is -2.36. The van der Waals surface area contributed by atoms with Gasteiger partial charge in [-0.25, -0.2) is 4.79 Å². The highest BCUT2D eigenvalue weighted by Gasteiger charge is 2.46. The summed E-state index contributed by atoms with van der Waals surface area (Å²) in [6.07, 6.45) is 12.5. The van der Waals surface area contributed by atoms with Gasteiger partial charge in [0.05, 0.1) is 12.8 Å². The summed E-state index contributed by atoms with van der Waals surface area (Å²) in [5, 5.41) is 32.2. The van der Waals surface area contributed by atoms with E-state index in [1.807, 2.05) is 0 Å². The molecule has 1 fully saturated rings. The number of nitrogens with one attached hydrogen (secondary N) is 1. The third-order valence-electron chi connectivity index (χ3n) is 6.93. The number of carbonyl (C=O) groups excluding carboxylic acids is 1. The normalized spacial score (nSPS) is 20.7. The standard InChI is InChI=1S/C28H47N3O8/c1-2-3-4-5-6-7-8-9-10-11-12-13-14-15-19-29-21-18-20-31(28(37)30-21)26-24(35)25(36)27(39-26)38-23(34)17-16-22(32)33/h18,20,24-27,35-36H,2-17,19H2,1H3,(H,32,33)(H,29,30,37)/t24-,25-,26+,27-/m0/s1. The smallest absolute Gasteiger partial charge is 0.351 e. The Bertz CT molecular complexity index is 909. The van der Waals surface area contributed by atoms with E-state index in [-0.39, 0.29) is 0 Å².